The van der Waals surface area contributed by atoms with E-state index in [2.05, 4.69) is 19.9 Å². The van der Waals surface area contributed by atoms with Crippen LogP contribution in [0.4, 0.5) is 0 Å². The van der Waals surface area contributed by atoms with Gasteiger partial charge in [0.25, 0.3) is 0 Å². The molecule has 0 radical (unpaired) electrons. The van der Waals surface area contributed by atoms with Gasteiger partial charge in [-0.3, -0.25) is 0 Å². The van der Waals surface area contributed by atoms with Gasteiger partial charge in [0.2, 0.25) is 0 Å². The van der Waals surface area contributed by atoms with E-state index in [1.165, 1.54) is 22.6 Å². The monoisotopic (exact) mass is 200 g/mol. The van der Waals surface area contributed by atoms with Crippen molar-refractivity contribution in [1.82, 2.24) is 0 Å². The minimum atomic E-state index is 0.579. The number of halogens is 1. The SMILES string of the molecule is CC(C)c1sc(C2CC2)cc1Cl. The zero-order chi connectivity index (χ0) is 8.72. The van der Waals surface area contributed by atoms with Gasteiger partial charge >= 0.3 is 0 Å². The highest BCUT2D eigenvalue weighted by Gasteiger charge is 2.26. The molecule has 0 saturated heterocycles. The van der Waals surface area contributed by atoms with Crippen molar-refractivity contribution in [2.75, 3.05) is 0 Å². The van der Waals surface area contributed by atoms with E-state index in [0.29, 0.717) is 5.92 Å². The number of rotatable bonds is 2. The van der Waals surface area contributed by atoms with E-state index in [0.717, 1.165) is 10.9 Å². The second-order valence-electron chi connectivity index (χ2n) is 3.79. The summed E-state index contributed by atoms with van der Waals surface area (Å²) in [7, 11) is 0. The van der Waals surface area contributed by atoms with E-state index in [9.17, 15) is 0 Å². The Labute approximate surface area is 82.6 Å². The Balaban J connectivity index is 2.30. The fraction of sp³-hybridized carbons (Fsp3) is 0.600. The first kappa shape index (κ1) is 8.58. The van der Waals surface area contributed by atoms with E-state index >= 15 is 0 Å². The fourth-order valence-electron chi connectivity index (χ4n) is 1.36. The fourth-order valence-corrected chi connectivity index (χ4v) is 3.11. The molecule has 0 aromatic carbocycles. The molecule has 1 heterocycles. The third-order valence-corrected chi connectivity index (χ3v) is 4.26. The van der Waals surface area contributed by atoms with Crippen LogP contribution in [0, 0.1) is 0 Å². The zero-order valence-corrected chi connectivity index (χ0v) is 9.00. The van der Waals surface area contributed by atoms with Gasteiger partial charge in [0.1, 0.15) is 0 Å². The zero-order valence-electron chi connectivity index (χ0n) is 7.43. The molecule has 12 heavy (non-hydrogen) atoms. The first-order valence-electron chi connectivity index (χ1n) is 4.47. The maximum atomic E-state index is 6.12. The van der Waals surface area contributed by atoms with Crippen LogP contribution in [-0.2, 0) is 0 Å². The Morgan fingerprint density at radius 3 is 2.58 bits per heavy atom. The van der Waals surface area contributed by atoms with Crippen LogP contribution >= 0.6 is 22.9 Å². The van der Waals surface area contributed by atoms with Crippen LogP contribution in [-0.4, -0.2) is 0 Å². The van der Waals surface area contributed by atoms with Crippen molar-refractivity contribution in [2.24, 2.45) is 0 Å². The summed E-state index contributed by atoms with van der Waals surface area (Å²) in [5, 5.41) is 0.983. The van der Waals surface area contributed by atoms with Crippen molar-refractivity contribution in [3.63, 3.8) is 0 Å². The van der Waals surface area contributed by atoms with Crippen molar-refractivity contribution >= 4 is 22.9 Å². The van der Waals surface area contributed by atoms with Gasteiger partial charge in [-0.05, 0) is 30.7 Å². The molecule has 0 atom stereocenters. The van der Waals surface area contributed by atoms with E-state index in [1.54, 1.807) is 0 Å². The Morgan fingerprint density at radius 1 is 1.50 bits per heavy atom. The van der Waals surface area contributed by atoms with E-state index in [-0.39, 0.29) is 0 Å². The highest BCUT2D eigenvalue weighted by atomic mass is 35.5. The average molecular weight is 201 g/mol. The van der Waals surface area contributed by atoms with Gasteiger partial charge in [-0.2, -0.15) is 0 Å². The Hall–Kier alpha value is -0.0100. The van der Waals surface area contributed by atoms with E-state index < -0.39 is 0 Å². The first-order chi connectivity index (χ1) is 5.68. The third-order valence-electron chi connectivity index (χ3n) is 2.24. The number of thiophene rings is 1. The minimum absolute atomic E-state index is 0.579. The molecule has 2 rings (SSSR count). The van der Waals surface area contributed by atoms with Gasteiger partial charge < -0.3 is 0 Å². The molecule has 1 fully saturated rings. The van der Waals surface area contributed by atoms with Gasteiger partial charge in [0.05, 0.1) is 5.02 Å². The summed E-state index contributed by atoms with van der Waals surface area (Å²) in [5.74, 6) is 1.43. The lowest BCUT2D eigenvalue weighted by Crippen LogP contribution is -1.79. The Morgan fingerprint density at radius 2 is 2.17 bits per heavy atom. The van der Waals surface area contributed by atoms with Gasteiger partial charge in [-0.1, -0.05) is 25.4 Å². The molecule has 66 valence electrons. The summed E-state index contributed by atoms with van der Waals surface area (Å²) in [5.41, 5.74) is 0. The van der Waals surface area contributed by atoms with Crippen molar-refractivity contribution in [3.05, 3.63) is 20.8 Å². The largest absolute Gasteiger partial charge is 0.143 e. The summed E-state index contributed by atoms with van der Waals surface area (Å²) in [6, 6.07) is 2.17. The Bertz CT molecular complexity index is 284. The summed E-state index contributed by atoms with van der Waals surface area (Å²) >= 11 is 8.03. The molecule has 0 nitrogen and oxygen atoms in total. The maximum absolute atomic E-state index is 6.12. The second kappa shape index (κ2) is 3.04. The topological polar surface area (TPSA) is 0 Å². The van der Waals surface area contributed by atoms with Crippen molar-refractivity contribution in [3.8, 4) is 0 Å². The summed E-state index contributed by atoms with van der Waals surface area (Å²) in [4.78, 5) is 2.86. The molecule has 2 heteroatoms. The first-order valence-corrected chi connectivity index (χ1v) is 5.67. The number of hydrogen-bond donors (Lipinski definition) is 0. The molecule has 0 aliphatic heterocycles. The van der Waals surface area contributed by atoms with Crippen LogP contribution in [0.2, 0.25) is 5.02 Å². The average Bonchev–Trinajstić information content (AvgIpc) is 2.75. The van der Waals surface area contributed by atoms with E-state index in [1.807, 2.05) is 11.3 Å². The second-order valence-corrected chi connectivity index (χ2v) is 5.31. The molecule has 0 amide bonds. The standard InChI is InChI=1S/C10H13ClS/c1-6(2)10-8(11)5-9(12-10)7-3-4-7/h5-7H,3-4H2,1-2H3. The van der Waals surface area contributed by atoms with Crippen molar-refractivity contribution < 1.29 is 0 Å². The molecule has 0 spiro atoms. The van der Waals surface area contributed by atoms with Crippen LogP contribution in [0.15, 0.2) is 6.07 Å². The molecule has 1 saturated carbocycles. The predicted molar refractivity (Wildman–Crippen MR) is 55.4 cm³/mol. The van der Waals surface area contributed by atoms with Crippen molar-refractivity contribution in [2.45, 2.75) is 38.5 Å². The summed E-state index contributed by atoms with van der Waals surface area (Å²) in [6.45, 7) is 4.41. The van der Waals surface area contributed by atoms with Gasteiger partial charge in [0, 0.05) is 9.75 Å². The smallest absolute Gasteiger partial charge is 0.0550 e. The third kappa shape index (κ3) is 1.53. The summed E-state index contributed by atoms with van der Waals surface area (Å²) < 4.78 is 0. The van der Waals surface area contributed by atoms with Crippen LogP contribution in [0.3, 0.4) is 0 Å². The van der Waals surface area contributed by atoms with Crippen LogP contribution < -0.4 is 0 Å². The lowest BCUT2D eigenvalue weighted by Gasteiger charge is -1.99. The minimum Gasteiger partial charge on any atom is -0.143 e. The van der Waals surface area contributed by atoms with Gasteiger partial charge in [-0.15, -0.1) is 11.3 Å². The Kier molecular flexibility index (Phi) is 2.18. The molecular formula is C10H13ClS. The lowest BCUT2D eigenvalue weighted by molar-refractivity contribution is 0.890. The van der Waals surface area contributed by atoms with Crippen LogP contribution in [0.25, 0.3) is 0 Å². The van der Waals surface area contributed by atoms with Crippen LogP contribution in [0.5, 0.6) is 0 Å². The molecule has 1 aliphatic carbocycles. The number of hydrogen-bond acceptors (Lipinski definition) is 1. The van der Waals surface area contributed by atoms with Crippen LogP contribution in [0.1, 0.15) is 48.3 Å². The quantitative estimate of drug-likeness (QED) is 0.664. The lowest BCUT2D eigenvalue weighted by atomic mass is 10.2. The molecular weight excluding hydrogens is 188 g/mol. The van der Waals surface area contributed by atoms with Crippen molar-refractivity contribution in [1.29, 1.82) is 0 Å². The van der Waals surface area contributed by atoms with E-state index in [4.69, 9.17) is 11.6 Å². The maximum Gasteiger partial charge on any atom is 0.0550 e. The molecule has 0 bridgehead atoms. The summed E-state index contributed by atoms with van der Waals surface area (Å²) in [6.07, 6.45) is 2.74. The van der Waals surface area contributed by atoms with Gasteiger partial charge in [-0.25, -0.2) is 0 Å². The molecule has 0 unspecified atom stereocenters. The highest BCUT2D eigenvalue weighted by molar-refractivity contribution is 7.12. The normalized spacial score (nSPS) is 17.3. The molecule has 1 aliphatic rings. The molecule has 1 aromatic rings. The molecule has 0 N–H and O–H groups in total. The van der Waals surface area contributed by atoms with Gasteiger partial charge in [0.15, 0.2) is 0 Å². The predicted octanol–water partition coefficient (Wildman–Crippen LogP) is 4.40. The molecule has 1 aromatic heterocycles. The highest BCUT2D eigenvalue weighted by Crippen LogP contribution is 2.46.